The molecule has 8 aromatic heterocycles. The Hall–Kier alpha value is -10.8. The zero-order chi connectivity index (χ0) is 77.6. The molecular formula is C91H81F3Ir2N6O7S. The third kappa shape index (κ3) is 25.4. The second-order valence-electron chi connectivity index (χ2n) is 24.4. The van der Waals surface area contributed by atoms with Crippen molar-refractivity contribution in [1.29, 1.82) is 0 Å². The van der Waals surface area contributed by atoms with Crippen molar-refractivity contribution in [2.24, 2.45) is 0 Å². The Labute approximate surface area is 668 Å². The molecular weight excluding hydrogens is 1760 g/mol. The monoisotopic (exact) mass is 1840 g/mol. The second-order valence-corrected chi connectivity index (χ2v) is 25.8. The molecule has 0 aliphatic heterocycles. The van der Waals surface area contributed by atoms with Gasteiger partial charge in [-0.1, -0.05) is 147 Å². The first-order valence-electron chi connectivity index (χ1n) is 34.4. The number of pyridine rings is 6. The summed E-state index contributed by atoms with van der Waals surface area (Å²) < 4.78 is 71.1. The quantitative estimate of drug-likeness (QED) is 0.0827. The summed E-state index contributed by atoms with van der Waals surface area (Å²) in [4.78, 5) is 26.7. The van der Waals surface area contributed by atoms with Crippen molar-refractivity contribution < 1.29 is 85.4 Å². The van der Waals surface area contributed by atoms with E-state index in [4.69, 9.17) is 32.0 Å². The molecule has 0 bridgehead atoms. The van der Waals surface area contributed by atoms with Gasteiger partial charge in [-0.2, -0.15) is 13.2 Å². The van der Waals surface area contributed by atoms with Crippen LogP contribution in [0.2, 0.25) is 0 Å². The molecule has 562 valence electrons. The number of alkyl halides is 3. The Morgan fingerprint density at radius 2 is 0.691 bits per heavy atom. The molecule has 13 nitrogen and oxygen atoms in total. The van der Waals surface area contributed by atoms with Crippen molar-refractivity contribution in [3.8, 4) is 67.5 Å². The van der Waals surface area contributed by atoms with Crippen LogP contribution in [0.1, 0.15) is 73.4 Å². The normalized spacial score (nSPS) is 10.5. The number of benzene rings is 8. The summed E-state index contributed by atoms with van der Waals surface area (Å²) in [6, 6.07) is 106. The van der Waals surface area contributed by atoms with Crippen LogP contribution in [0.15, 0.2) is 294 Å². The Kier molecular flexibility index (Phi) is 35.2. The minimum absolute atomic E-state index is 0. The number of aryl methyl sites for hydroxylation is 4. The Bertz CT molecular complexity index is 5080. The number of aliphatic hydroxyl groups is 2. The van der Waals surface area contributed by atoms with E-state index in [1.165, 1.54) is 11.1 Å². The topological polar surface area (TPSA) is 201 Å². The van der Waals surface area contributed by atoms with Crippen LogP contribution in [-0.2, 0) is 50.3 Å². The fraction of sp³-hybridized carbons (Fsp3) is 0.143. The number of aliphatic hydroxyl groups excluding tert-OH is 2. The maximum atomic E-state index is 10.7. The molecule has 0 radical (unpaired) electrons. The van der Waals surface area contributed by atoms with Crippen LogP contribution in [-0.4, -0.2) is 72.8 Å². The molecule has 16 aromatic rings. The van der Waals surface area contributed by atoms with Gasteiger partial charge in [-0.3, -0.25) is 4.98 Å². The van der Waals surface area contributed by atoms with Gasteiger partial charge in [0.2, 0.25) is 0 Å². The number of nitrogens with zero attached hydrogens (tertiary/aromatic N) is 6. The van der Waals surface area contributed by atoms with Crippen molar-refractivity contribution in [3.05, 3.63) is 350 Å². The molecule has 2 N–H and O–H groups in total. The zero-order valence-electron chi connectivity index (χ0n) is 62.1. The number of halogens is 3. The van der Waals surface area contributed by atoms with Crippen LogP contribution < -0.4 is 0 Å². The molecule has 0 aliphatic rings. The van der Waals surface area contributed by atoms with E-state index in [0.717, 1.165) is 148 Å². The minimum atomic E-state index is -6.09. The summed E-state index contributed by atoms with van der Waals surface area (Å²) in [5.41, 5.74) is 16.7. The fourth-order valence-electron chi connectivity index (χ4n) is 10.7. The largest absolute Gasteiger partial charge is 3.00 e. The van der Waals surface area contributed by atoms with Gasteiger partial charge in [-0.15, -0.1) is 162 Å². The van der Waals surface area contributed by atoms with E-state index in [0.29, 0.717) is 11.8 Å². The molecule has 0 unspecified atom stereocenters. The average Bonchev–Trinajstić information content (AvgIpc) is 1.62. The first kappa shape index (κ1) is 88.1. The summed E-state index contributed by atoms with van der Waals surface area (Å²) in [7, 11) is -4.09. The van der Waals surface area contributed by atoms with Crippen LogP contribution in [0.25, 0.3) is 111 Å². The smallest absolute Gasteiger partial charge is 0.741 e. The maximum Gasteiger partial charge on any atom is 3.00 e. The van der Waals surface area contributed by atoms with Crippen molar-refractivity contribution in [3.63, 3.8) is 0 Å². The molecule has 0 saturated heterocycles. The minimum Gasteiger partial charge on any atom is -0.741 e. The van der Waals surface area contributed by atoms with Crippen LogP contribution in [0.5, 0.6) is 0 Å². The first-order valence-corrected chi connectivity index (χ1v) is 35.8. The second kappa shape index (κ2) is 44.0. The SMILES string of the molecule is CC(C)c1ccnc(-c2[c-]ccc3c2oc2ccccc23)c1.CC(C)c1ccnc(-c2cccc3c2oc2ccccc23)c1.CO.CO.Cc1cccc(-c2[c-]cccc2)n1.Cc1cccc(-c2[c-]cccc2)n1.Cc1cccc(-c2[c-]cccc2)n1.Cc1cccc(-c2[c-]cccc2)n1.O=S(=O)([O-])C(F)(F)F.[Ir+3].[Ir+3]. The van der Waals surface area contributed by atoms with Gasteiger partial charge in [0.25, 0.3) is 0 Å². The van der Waals surface area contributed by atoms with E-state index < -0.39 is 15.6 Å². The summed E-state index contributed by atoms with van der Waals surface area (Å²) in [6.45, 7) is 16.7. The first-order chi connectivity index (χ1) is 52.2. The molecule has 0 amide bonds. The van der Waals surface area contributed by atoms with Gasteiger partial charge in [0.05, 0.1) is 11.3 Å². The van der Waals surface area contributed by atoms with Gasteiger partial charge in [-0.25, -0.2) is 8.42 Å². The van der Waals surface area contributed by atoms with E-state index in [-0.39, 0.29) is 40.2 Å². The van der Waals surface area contributed by atoms with E-state index in [1.807, 2.05) is 252 Å². The Morgan fingerprint density at radius 3 is 1.04 bits per heavy atom. The number of aromatic nitrogens is 6. The molecule has 0 fully saturated rings. The predicted molar refractivity (Wildman–Crippen MR) is 426 cm³/mol. The Morgan fingerprint density at radius 1 is 0.373 bits per heavy atom. The molecule has 0 spiro atoms. The van der Waals surface area contributed by atoms with Crippen LogP contribution in [0, 0.1) is 58.0 Å². The summed E-state index contributed by atoms with van der Waals surface area (Å²) >= 11 is 0. The van der Waals surface area contributed by atoms with Gasteiger partial charge in [-0.05, 0) is 134 Å². The Balaban J connectivity index is 0.000000203. The van der Waals surface area contributed by atoms with Crippen LogP contribution >= 0.6 is 0 Å². The molecule has 0 saturated carbocycles. The van der Waals surface area contributed by atoms with Gasteiger partial charge >= 0.3 is 45.7 Å². The number of rotatable bonds is 8. The number of hydrogen-bond donors (Lipinski definition) is 2. The molecule has 110 heavy (non-hydrogen) atoms. The number of para-hydroxylation sites is 3. The third-order valence-electron chi connectivity index (χ3n) is 16.0. The predicted octanol–water partition coefficient (Wildman–Crippen LogP) is 22.0. The average molecular weight is 1840 g/mol. The standard InChI is InChI=1S/C20H17NO.C20H16NO.4C12H10N.CHF3O3S.2CH4O.2Ir/c2*1-13(2)14-10-11-21-18(12-14)17-8-5-7-16-15-6-3-4-9-19(15)22-20(16)17;4*1-10-6-5-9-12(13-10)11-7-3-2-4-8-11;2-1(3,4)8(5,6)7;2*1-2;;/h3-13H,1-2H3;3-7,9-13H,1-2H3;4*2-7,9H,1H3;(H,5,6,7);2*2H,1H3;;/q;5*-1;;;;2*+3/p-1. The summed E-state index contributed by atoms with van der Waals surface area (Å²) in [5, 5.41) is 18.5. The molecule has 0 aliphatic carbocycles. The van der Waals surface area contributed by atoms with Gasteiger partial charge in [0.1, 0.15) is 16.7 Å². The molecule has 8 aromatic carbocycles. The van der Waals surface area contributed by atoms with E-state index in [2.05, 4.69) is 149 Å². The number of hydrogen-bond acceptors (Lipinski definition) is 13. The van der Waals surface area contributed by atoms with Gasteiger partial charge in [0.15, 0.2) is 10.1 Å². The third-order valence-corrected chi connectivity index (χ3v) is 16.5. The molecule has 8 heterocycles. The van der Waals surface area contributed by atoms with E-state index in [9.17, 15) is 13.2 Å². The maximum absolute atomic E-state index is 10.7. The number of furan rings is 2. The van der Waals surface area contributed by atoms with Crippen molar-refractivity contribution >= 4 is 54.0 Å². The molecule has 0 atom stereocenters. The molecule has 16 rings (SSSR count). The number of fused-ring (bicyclic) bond motifs is 6. The summed E-state index contributed by atoms with van der Waals surface area (Å²) in [5.74, 6) is 0.952. The fourth-order valence-corrected chi connectivity index (χ4v) is 10.7. The van der Waals surface area contributed by atoms with Crippen LogP contribution in [0.3, 0.4) is 0 Å². The van der Waals surface area contributed by atoms with Crippen molar-refractivity contribution in [1.82, 2.24) is 29.9 Å². The van der Waals surface area contributed by atoms with Gasteiger partial charge < -0.3 is 48.5 Å². The van der Waals surface area contributed by atoms with Crippen molar-refractivity contribution in [2.75, 3.05) is 14.2 Å². The van der Waals surface area contributed by atoms with E-state index in [1.54, 1.807) is 0 Å². The zero-order valence-corrected chi connectivity index (χ0v) is 67.7. The summed E-state index contributed by atoms with van der Waals surface area (Å²) in [6.07, 6.45) is 3.74. The van der Waals surface area contributed by atoms with Crippen LogP contribution in [0.4, 0.5) is 13.2 Å². The van der Waals surface area contributed by atoms with Crippen molar-refractivity contribution in [2.45, 2.75) is 72.7 Å². The van der Waals surface area contributed by atoms with Gasteiger partial charge in [0, 0.05) is 71.1 Å². The molecule has 19 heteroatoms. The van der Waals surface area contributed by atoms with E-state index >= 15 is 0 Å².